The Hall–Kier alpha value is -2.16. The molecule has 18 heavy (non-hydrogen) atoms. The van der Waals surface area contributed by atoms with Crippen LogP contribution in [-0.4, -0.2) is 15.3 Å². The summed E-state index contributed by atoms with van der Waals surface area (Å²) < 4.78 is 1.84. The first-order valence-corrected chi connectivity index (χ1v) is 5.95. The zero-order valence-electron chi connectivity index (χ0n) is 10.7. The SMILES string of the molecule is C=C(C)C(=O)c1cn(-c2ccc(CC)cc2)cn1. The Labute approximate surface area is 107 Å². The van der Waals surface area contributed by atoms with E-state index in [1.807, 2.05) is 16.7 Å². The molecule has 3 heteroatoms. The van der Waals surface area contributed by atoms with E-state index in [2.05, 4.69) is 30.6 Å². The fraction of sp³-hybridized carbons (Fsp3) is 0.200. The molecule has 0 aliphatic heterocycles. The van der Waals surface area contributed by atoms with E-state index in [1.165, 1.54) is 5.56 Å². The summed E-state index contributed by atoms with van der Waals surface area (Å²) in [5, 5.41) is 0. The molecule has 0 aliphatic carbocycles. The highest BCUT2D eigenvalue weighted by Crippen LogP contribution is 2.12. The molecule has 92 valence electrons. The third-order valence-corrected chi connectivity index (χ3v) is 2.85. The molecule has 3 nitrogen and oxygen atoms in total. The number of nitrogens with zero attached hydrogens (tertiary/aromatic N) is 2. The van der Waals surface area contributed by atoms with Gasteiger partial charge < -0.3 is 4.57 Å². The zero-order valence-corrected chi connectivity index (χ0v) is 10.7. The number of hydrogen-bond acceptors (Lipinski definition) is 2. The van der Waals surface area contributed by atoms with Crippen molar-refractivity contribution in [3.8, 4) is 5.69 Å². The van der Waals surface area contributed by atoms with Crippen molar-refractivity contribution in [1.82, 2.24) is 9.55 Å². The number of ketones is 1. The van der Waals surface area contributed by atoms with Crippen molar-refractivity contribution < 1.29 is 4.79 Å². The maximum Gasteiger partial charge on any atom is 0.208 e. The molecule has 0 saturated carbocycles. The smallest absolute Gasteiger partial charge is 0.208 e. The zero-order chi connectivity index (χ0) is 13.1. The second-order valence-corrected chi connectivity index (χ2v) is 4.30. The standard InChI is InChI=1S/C15H16N2O/c1-4-12-5-7-13(8-6-12)17-9-14(16-10-17)15(18)11(2)3/h5-10H,2,4H2,1,3H3. The first kappa shape index (κ1) is 12.3. The van der Waals surface area contributed by atoms with Gasteiger partial charge in [0.05, 0.1) is 0 Å². The minimum Gasteiger partial charge on any atom is -0.306 e. The largest absolute Gasteiger partial charge is 0.306 e. The Morgan fingerprint density at radius 3 is 2.56 bits per heavy atom. The van der Waals surface area contributed by atoms with Gasteiger partial charge in [-0.1, -0.05) is 25.6 Å². The Bertz CT molecular complexity index is 579. The maximum atomic E-state index is 11.7. The molecule has 1 heterocycles. The number of rotatable bonds is 4. The molecule has 0 N–H and O–H groups in total. The molecule has 1 aromatic heterocycles. The van der Waals surface area contributed by atoms with Gasteiger partial charge in [0.1, 0.15) is 12.0 Å². The summed E-state index contributed by atoms with van der Waals surface area (Å²) >= 11 is 0. The van der Waals surface area contributed by atoms with E-state index < -0.39 is 0 Å². The van der Waals surface area contributed by atoms with Crippen molar-refractivity contribution in [2.45, 2.75) is 20.3 Å². The Kier molecular flexibility index (Phi) is 3.42. The predicted octanol–water partition coefficient (Wildman–Crippen LogP) is 3.19. The molecule has 2 rings (SSSR count). The summed E-state index contributed by atoms with van der Waals surface area (Å²) in [7, 11) is 0. The Balaban J connectivity index is 2.29. The summed E-state index contributed by atoms with van der Waals surface area (Å²) in [6, 6.07) is 8.20. The van der Waals surface area contributed by atoms with Crippen molar-refractivity contribution in [2.24, 2.45) is 0 Å². The third kappa shape index (κ3) is 2.40. The van der Waals surface area contributed by atoms with E-state index in [9.17, 15) is 4.79 Å². The van der Waals surface area contributed by atoms with Crippen molar-refractivity contribution in [2.75, 3.05) is 0 Å². The maximum absolute atomic E-state index is 11.7. The predicted molar refractivity (Wildman–Crippen MR) is 72.1 cm³/mol. The van der Waals surface area contributed by atoms with Gasteiger partial charge in [-0.05, 0) is 36.6 Å². The summed E-state index contributed by atoms with van der Waals surface area (Å²) in [6.07, 6.45) is 4.40. The van der Waals surface area contributed by atoms with Crippen molar-refractivity contribution in [3.63, 3.8) is 0 Å². The minimum atomic E-state index is -0.112. The molecular formula is C15H16N2O. The van der Waals surface area contributed by atoms with Crippen LogP contribution in [0.4, 0.5) is 0 Å². The highest BCUT2D eigenvalue weighted by atomic mass is 16.1. The van der Waals surface area contributed by atoms with Gasteiger partial charge in [-0.3, -0.25) is 4.79 Å². The quantitative estimate of drug-likeness (QED) is 0.607. The average molecular weight is 240 g/mol. The number of hydrogen-bond donors (Lipinski definition) is 0. The minimum absolute atomic E-state index is 0.112. The lowest BCUT2D eigenvalue weighted by molar-refractivity contribution is 0.103. The fourth-order valence-electron chi connectivity index (χ4n) is 1.70. The molecule has 0 saturated heterocycles. The molecule has 0 fully saturated rings. The van der Waals surface area contributed by atoms with Gasteiger partial charge in [-0.2, -0.15) is 0 Å². The molecule has 0 spiro atoms. The number of Topliss-reactive ketones (excluding diaryl/α,β-unsaturated/α-hetero) is 1. The number of benzene rings is 1. The van der Waals surface area contributed by atoms with Gasteiger partial charge in [0.15, 0.2) is 0 Å². The van der Waals surface area contributed by atoms with Crippen LogP contribution in [0.1, 0.15) is 29.9 Å². The van der Waals surface area contributed by atoms with Gasteiger partial charge in [0.2, 0.25) is 5.78 Å². The molecular weight excluding hydrogens is 224 g/mol. The molecule has 0 atom stereocenters. The van der Waals surface area contributed by atoms with Crippen molar-refractivity contribution in [1.29, 1.82) is 0 Å². The van der Waals surface area contributed by atoms with Crippen LogP contribution >= 0.6 is 0 Å². The lowest BCUT2D eigenvalue weighted by Gasteiger charge is -2.02. The van der Waals surface area contributed by atoms with Crippen LogP contribution in [0.5, 0.6) is 0 Å². The van der Waals surface area contributed by atoms with Gasteiger partial charge >= 0.3 is 0 Å². The van der Waals surface area contributed by atoms with Crippen LogP contribution in [0.2, 0.25) is 0 Å². The van der Waals surface area contributed by atoms with Crippen LogP contribution in [0, 0.1) is 0 Å². The van der Waals surface area contributed by atoms with Crippen LogP contribution in [0.15, 0.2) is 48.9 Å². The first-order chi connectivity index (χ1) is 8.61. The number of allylic oxidation sites excluding steroid dienone is 1. The molecule has 2 aromatic rings. The number of aryl methyl sites for hydroxylation is 1. The molecule has 1 aromatic carbocycles. The molecule has 0 aliphatic rings. The van der Waals surface area contributed by atoms with Gasteiger partial charge in [-0.25, -0.2) is 4.98 Å². The van der Waals surface area contributed by atoms with Crippen LogP contribution in [-0.2, 0) is 6.42 Å². The molecule has 0 radical (unpaired) electrons. The summed E-state index contributed by atoms with van der Waals surface area (Å²) in [6.45, 7) is 7.45. The van der Waals surface area contributed by atoms with E-state index >= 15 is 0 Å². The number of imidazole rings is 1. The van der Waals surface area contributed by atoms with Crippen molar-refractivity contribution >= 4 is 5.78 Å². The number of carbonyl (C=O) groups excluding carboxylic acids is 1. The summed E-state index contributed by atoms with van der Waals surface area (Å²) in [4.78, 5) is 15.8. The van der Waals surface area contributed by atoms with Crippen LogP contribution in [0.3, 0.4) is 0 Å². The second-order valence-electron chi connectivity index (χ2n) is 4.30. The lowest BCUT2D eigenvalue weighted by Crippen LogP contribution is -1.99. The van der Waals surface area contributed by atoms with E-state index in [0.29, 0.717) is 11.3 Å². The Morgan fingerprint density at radius 2 is 2.00 bits per heavy atom. The van der Waals surface area contributed by atoms with Crippen molar-refractivity contribution in [3.05, 3.63) is 60.2 Å². The second kappa shape index (κ2) is 5.00. The van der Waals surface area contributed by atoms with E-state index in [4.69, 9.17) is 0 Å². The third-order valence-electron chi connectivity index (χ3n) is 2.85. The molecule has 0 amide bonds. The lowest BCUT2D eigenvalue weighted by atomic mass is 10.1. The molecule has 0 unspecified atom stereocenters. The van der Waals surface area contributed by atoms with E-state index in [-0.39, 0.29) is 5.78 Å². The highest BCUT2D eigenvalue weighted by molar-refractivity contribution is 6.06. The van der Waals surface area contributed by atoms with Gasteiger partial charge in [0.25, 0.3) is 0 Å². The number of aromatic nitrogens is 2. The van der Waals surface area contributed by atoms with E-state index in [0.717, 1.165) is 12.1 Å². The normalized spacial score (nSPS) is 10.3. The Morgan fingerprint density at radius 1 is 1.33 bits per heavy atom. The first-order valence-electron chi connectivity index (χ1n) is 5.95. The average Bonchev–Trinajstić information content (AvgIpc) is 2.87. The van der Waals surface area contributed by atoms with Crippen LogP contribution < -0.4 is 0 Å². The topological polar surface area (TPSA) is 34.9 Å². The van der Waals surface area contributed by atoms with E-state index in [1.54, 1.807) is 19.4 Å². The monoisotopic (exact) mass is 240 g/mol. The van der Waals surface area contributed by atoms with Crippen LogP contribution in [0.25, 0.3) is 5.69 Å². The number of carbonyl (C=O) groups is 1. The summed E-state index contributed by atoms with van der Waals surface area (Å²) in [5.74, 6) is -0.112. The van der Waals surface area contributed by atoms with Gasteiger partial charge in [-0.15, -0.1) is 0 Å². The van der Waals surface area contributed by atoms with Gasteiger partial charge in [0, 0.05) is 11.9 Å². The molecule has 0 bridgehead atoms. The summed E-state index contributed by atoms with van der Waals surface area (Å²) in [5.41, 5.74) is 3.22. The highest BCUT2D eigenvalue weighted by Gasteiger charge is 2.10. The fourth-order valence-corrected chi connectivity index (χ4v) is 1.70.